The minimum atomic E-state index is 0.108. The maximum Gasteiger partial charge on any atom is 0.224 e. The summed E-state index contributed by atoms with van der Waals surface area (Å²) in [5.74, 6) is 0.108. The Kier molecular flexibility index (Phi) is 3.09. The predicted octanol–water partition coefficient (Wildman–Crippen LogP) is 2.53. The van der Waals surface area contributed by atoms with Crippen molar-refractivity contribution in [1.29, 1.82) is 0 Å². The van der Waals surface area contributed by atoms with Gasteiger partial charge in [0.05, 0.1) is 11.4 Å². The Labute approximate surface area is 114 Å². The maximum atomic E-state index is 11.5. The number of nitrogens with two attached hydrogens (primary N) is 1. The van der Waals surface area contributed by atoms with Crippen molar-refractivity contribution in [3.63, 3.8) is 0 Å². The van der Waals surface area contributed by atoms with E-state index >= 15 is 0 Å². The van der Waals surface area contributed by atoms with Crippen molar-refractivity contribution in [2.75, 3.05) is 22.5 Å². The molecule has 1 aromatic carbocycles. The molecule has 2 heterocycles. The second kappa shape index (κ2) is 4.76. The van der Waals surface area contributed by atoms with Crippen LogP contribution < -0.4 is 16.0 Å². The molecule has 1 unspecified atom stereocenters. The summed E-state index contributed by atoms with van der Waals surface area (Å²) in [7, 11) is 0. The average Bonchev–Trinajstić information content (AvgIpc) is 2.86. The van der Waals surface area contributed by atoms with Gasteiger partial charge >= 0.3 is 0 Å². The lowest BCUT2D eigenvalue weighted by Gasteiger charge is -2.29. The highest BCUT2D eigenvalue weighted by molar-refractivity contribution is 5.95. The van der Waals surface area contributed by atoms with Crippen LogP contribution in [0, 0.1) is 0 Å². The van der Waals surface area contributed by atoms with Gasteiger partial charge in [-0.15, -0.1) is 0 Å². The van der Waals surface area contributed by atoms with E-state index in [1.54, 1.807) is 0 Å². The summed E-state index contributed by atoms with van der Waals surface area (Å²) >= 11 is 0. The Bertz CT molecular complexity index is 512. The zero-order chi connectivity index (χ0) is 13.4. The van der Waals surface area contributed by atoms with Gasteiger partial charge < -0.3 is 16.0 Å². The standard InChI is InChI=1S/C15H21N3O/c1-2-11-4-3-7-18(11)14-9-13-10(8-12(14)16)5-6-15(19)17-13/h8-9,11H,2-7,16H2,1H3,(H,17,19). The third-order valence-corrected chi connectivity index (χ3v) is 4.31. The molecule has 1 fully saturated rings. The third-order valence-electron chi connectivity index (χ3n) is 4.31. The van der Waals surface area contributed by atoms with Crippen molar-refractivity contribution in [3.05, 3.63) is 17.7 Å². The molecule has 0 spiro atoms. The lowest BCUT2D eigenvalue weighted by Crippen LogP contribution is -2.29. The number of carbonyl (C=O) groups excluding carboxylic acids is 1. The molecule has 102 valence electrons. The number of aryl methyl sites for hydroxylation is 1. The molecule has 3 rings (SSSR count). The normalized spacial score (nSPS) is 22.3. The lowest BCUT2D eigenvalue weighted by molar-refractivity contribution is -0.116. The number of nitrogens with one attached hydrogen (secondary N) is 1. The molecular formula is C15H21N3O. The average molecular weight is 259 g/mol. The number of anilines is 3. The molecule has 0 saturated carbocycles. The summed E-state index contributed by atoms with van der Waals surface area (Å²) in [6, 6.07) is 4.69. The molecule has 1 atom stereocenters. The van der Waals surface area contributed by atoms with Crippen molar-refractivity contribution in [2.45, 2.75) is 45.1 Å². The van der Waals surface area contributed by atoms with Gasteiger partial charge in [-0.1, -0.05) is 6.92 Å². The lowest BCUT2D eigenvalue weighted by atomic mass is 10.0. The highest BCUT2D eigenvalue weighted by Gasteiger charge is 2.26. The number of hydrogen-bond acceptors (Lipinski definition) is 3. The van der Waals surface area contributed by atoms with Crippen LogP contribution in [0.2, 0.25) is 0 Å². The SMILES string of the molecule is CCC1CCCN1c1cc2c(cc1N)CCC(=O)N2. The first-order valence-corrected chi connectivity index (χ1v) is 7.18. The molecule has 1 amide bonds. The molecule has 4 heteroatoms. The fourth-order valence-electron chi connectivity index (χ4n) is 3.26. The van der Waals surface area contributed by atoms with Crippen LogP contribution in [0.1, 0.15) is 38.2 Å². The van der Waals surface area contributed by atoms with E-state index in [1.807, 2.05) is 6.07 Å². The molecule has 0 radical (unpaired) electrons. The molecule has 0 bridgehead atoms. The highest BCUT2D eigenvalue weighted by atomic mass is 16.1. The summed E-state index contributed by atoms with van der Waals surface area (Å²) in [5, 5.41) is 2.96. The number of nitrogens with zero attached hydrogens (tertiary/aromatic N) is 1. The van der Waals surface area contributed by atoms with E-state index in [4.69, 9.17) is 5.73 Å². The zero-order valence-electron chi connectivity index (χ0n) is 11.4. The van der Waals surface area contributed by atoms with Crippen molar-refractivity contribution in [2.24, 2.45) is 0 Å². The van der Waals surface area contributed by atoms with Crippen molar-refractivity contribution < 1.29 is 4.79 Å². The number of fused-ring (bicyclic) bond motifs is 1. The van der Waals surface area contributed by atoms with Gasteiger partial charge in [0.25, 0.3) is 0 Å². The number of amides is 1. The molecule has 0 aromatic heterocycles. The van der Waals surface area contributed by atoms with Crippen LogP contribution in [-0.2, 0) is 11.2 Å². The van der Waals surface area contributed by atoms with Crippen LogP contribution in [-0.4, -0.2) is 18.5 Å². The topological polar surface area (TPSA) is 58.4 Å². The molecule has 1 saturated heterocycles. The van der Waals surface area contributed by atoms with Crippen molar-refractivity contribution in [3.8, 4) is 0 Å². The largest absolute Gasteiger partial charge is 0.397 e. The number of nitrogen functional groups attached to an aromatic ring is 1. The minimum absolute atomic E-state index is 0.108. The molecule has 2 aliphatic rings. The van der Waals surface area contributed by atoms with E-state index < -0.39 is 0 Å². The van der Waals surface area contributed by atoms with Crippen molar-refractivity contribution in [1.82, 2.24) is 0 Å². The van der Waals surface area contributed by atoms with Crippen LogP contribution in [0.4, 0.5) is 17.1 Å². The smallest absolute Gasteiger partial charge is 0.224 e. The predicted molar refractivity (Wildman–Crippen MR) is 78.5 cm³/mol. The van der Waals surface area contributed by atoms with Gasteiger partial charge in [0.15, 0.2) is 0 Å². The van der Waals surface area contributed by atoms with Crippen LogP contribution in [0.5, 0.6) is 0 Å². The first-order valence-electron chi connectivity index (χ1n) is 7.18. The Morgan fingerprint density at radius 1 is 1.42 bits per heavy atom. The number of hydrogen-bond donors (Lipinski definition) is 2. The van der Waals surface area contributed by atoms with E-state index in [1.165, 1.54) is 12.8 Å². The van der Waals surface area contributed by atoms with E-state index in [9.17, 15) is 4.79 Å². The second-order valence-electron chi connectivity index (χ2n) is 5.51. The second-order valence-corrected chi connectivity index (χ2v) is 5.51. The maximum absolute atomic E-state index is 11.5. The van der Waals surface area contributed by atoms with Gasteiger partial charge in [-0.25, -0.2) is 0 Å². The van der Waals surface area contributed by atoms with Gasteiger partial charge in [0.1, 0.15) is 0 Å². The van der Waals surface area contributed by atoms with Gasteiger partial charge in [-0.3, -0.25) is 4.79 Å². The third kappa shape index (κ3) is 2.15. The first-order chi connectivity index (χ1) is 9.19. The fourth-order valence-corrected chi connectivity index (χ4v) is 3.26. The highest BCUT2D eigenvalue weighted by Crippen LogP contribution is 2.37. The summed E-state index contributed by atoms with van der Waals surface area (Å²) < 4.78 is 0. The van der Waals surface area contributed by atoms with Gasteiger partial charge in [-0.05, 0) is 43.4 Å². The molecule has 1 aromatic rings. The summed E-state index contributed by atoms with van der Waals surface area (Å²) in [4.78, 5) is 13.9. The van der Waals surface area contributed by atoms with Crippen molar-refractivity contribution >= 4 is 23.0 Å². The molecular weight excluding hydrogens is 238 g/mol. The Morgan fingerprint density at radius 2 is 2.26 bits per heavy atom. The minimum Gasteiger partial charge on any atom is -0.397 e. The molecule has 19 heavy (non-hydrogen) atoms. The van der Waals surface area contributed by atoms with Gasteiger partial charge in [0.2, 0.25) is 5.91 Å². The van der Waals surface area contributed by atoms with E-state index in [2.05, 4.69) is 23.2 Å². The monoisotopic (exact) mass is 259 g/mol. The summed E-state index contributed by atoms with van der Waals surface area (Å²) in [5.41, 5.74) is 10.3. The van der Waals surface area contributed by atoms with Gasteiger partial charge in [0, 0.05) is 24.7 Å². The molecule has 3 N–H and O–H groups in total. The quantitative estimate of drug-likeness (QED) is 0.802. The summed E-state index contributed by atoms with van der Waals surface area (Å²) in [6.07, 6.45) is 4.96. The van der Waals surface area contributed by atoms with Crippen LogP contribution in [0.25, 0.3) is 0 Å². The summed E-state index contributed by atoms with van der Waals surface area (Å²) in [6.45, 7) is 3.29. The number of rotatable bonds is 2. The molecule has 2 aliphatic heterocycles. The van der Waals surface area contributed by atoms with Gasteiger partial charge in [-0.2, -0.15) is 0 Å². The van der Waals surface area contributed by atoms with Crippen LogP contribution >= 0.6 is 0 Å². The van der Waals surface area contributed by atoms with Crippen LogP contribution in [0.15, 0.2) is 12.1 Å². The number of carbonyl (C=O) groups is 1. The first kappa shape index (κ1) is 12.3. The molecule has 0 aliphatic carbocycles. The zero-order valence-corrected chi connectivity index (χ0v) is 11.4. The Morgan fingerprint density at radius 3 is 3.05 bits per heavy atom. The van der Waals surface area contributed by atoms with E-state index in [0.717, 1.165) is 42.0 Å². The molecule has 4 nitrogen and oxygen atoms in total. The van der Waals surface area contributed by atoms with Crippen LogP contribution in [0.3, 0.4) is 0 Å². The Hall–Kier alpha value is -1.71. The van der Waals surface area contributed by atoms with E-state index in [0.29, 0.717) is 12.5 Å². The fraction of sp³-hybridized carbons (Fsp3) is 0.533. The Balaban J connectivity index is 1.97. The van der Waals surface area contributed by atoms with E-state index in [-0.39, 0.29) is 5.91 Å². The number of benzene rings is 1.